The number of rotatable bonds is 8. The third kappa shape index (κ3) is 4.02. The fourth-order valence-corrected chi connectivity index (χ4v) is 3.37. The smallest absolute Gasteiger partial charge is 0.124 e. The van der Waals surface area contributed by atoms with Gasteiger partial charge in [-0.2, -0.15) is 0 Å². The molecule has 0 aromatic heterocycles. The largest absolute Gasteiger partial charge is 0.494 e. The van der Waals surface area contributed by atoms with Gasteiger partial charge in [0.1, 0.15) is 5.75 Å². The lowest BCUT2D eigenvalue weighted by Gasteiger charge is -2.35. The normalized spacial score (nSPS) is 18.3. The molecule has 1 unspecified atom stereocenters. The summed E-state index contributed by atoms with van der Waals surface area (Å²) in [5, 5.41) is 3.51. The molecule has 0 saturated carbocycles. The average Bonchev–Trinajstić information content (AvgIpc) is 2.52. The fourth-order valence-electron chi connectivity index (χ4n) is 3.37. The zero-order valence-corrected chi connectivity index (χ0v) is 14.7. The molecule has 1 aromatic carbocycles. The third-order valence-electron chi connectivity index (χ3n) is 4.54. The standard InChI is InChI=1S/C19H32N2O/c1-5-9-20-14-17-12-16-8-11-21(10-6-2)15(4)18(16)13-19(17)22-7-3/h12-13,15,20H,5-11,14H2,1-4H3. The quantitative estimate of drug-likeness (QED) is 0.737. The summed E-state index contributed by atoms with van der Waals surface area (Å²) in [5.41, 5.74) is 4.28. The van der Waals surface area contributed by atoms with Crippen molar-refractivity contribution in [3.63, 3.8) is 0 Å². The topological polar surface area (TPSA) is 24.5 Å². The van der Waals surface area contributed by atoms with Gasteiger partial charge in [0.2, 0.25) is 0 Å². The van der Waals surface area contributed by atoms with Gasteiger partial charge in [0.15, 0.2) is 0 Å². The molecule has 0 bridgehead atoms. The Bertz CT molecular complexity index is 473. The third-order valence-corrected chi connectivity index (χ3v) is 4.54. The van der Waals surface area contributed by atoms with Crippen LogP contribution in [0.4, 0.5) is 0 Å². The van der Waals surface area contributed by atoms with Crippen LogP contribution in [-0.2, 0) is 13.0 Å². The van der Waals surface area contributed by atoms with Crippen LogP contribution in [0, 0.1) is 0 Å². The molecule has 0 radical (unpaired) electrons. The van der Waals surface area contributed by atoms with Gasteiger partial charge in [0.05, 0.1) is 6.61 Å². The maximum Gasteiger partial charge on any atom is 0.124 e. The molecule has 1 aliphatic heterocycles. The monoisotopic (exact) mass is 304 g/mol. The number of fused-ring (bicyclic) bond motifs is 1. The highest BCUT2D eigenvalue weighted by Crippen LogP contribution is 2.34. The lowest BCUT2D eigenvalue weighted by atomic mass is 9.91. The summed E-state index contributed by atoms with van der Waals surface area (Å²) in [5.74, 6) is 1.06. The molecule has 2 rings (SSSR count). The SMILES string of the molecule is CCCNCc1cc2c(cc1OCC)C(C)N(CCC)CC2. The van der Waals surface area contributed by atoms with E-state index in [1.54, 1.807) is 0 Å². The zero-order valence-electron chi connectivity index (χ0n) is 14.7. The van der Waals surface area contributed by atoms with Crippen molar-refractivity contribution in [1.82, 2.24) is 10.2 Å². The van der Waals surface area contributed by atoms with Crippen molar-refractivity contribution in [2.24, 2.45) is 0 Å². The molecule has 0 aliphatic carbocycles. The number of ether oxygens (including phenoxy) is 1. The minimum Gasteiger partial charge on any atom is -0.494 e. The summed E-state index contributed by atoms with van der Waals surface area (Å²) in [7, 11) is 0. The first-order valence-electron chi connectivity index (χ1n) is 8.94. The molecule has 1 aliphatic rings. The predicted molar refractivity (Wildman–Crippen MR) is 93.6 cm³/mol. The van der Waals surface area contributed by atoms with Gasteiger partial charge in [-0.3, -0.25) is 4.90 Å². The Labute approximate surface area is 136 Å². The predicted octanol–water partition coefficient (Wildman–Crippen LogP) is 3.91. The van der Waals surface area contributed by atoms with E-state index in [0.717, 1.165) is 38.3 Å². The Morgan fingerprint density at radius 1 is 1.23 bits per heavy atom. The summed E-state index contributed by atoms with van der Waals surface area (Å²) in [6.45, 7) is 13.9. The molecule has 0 amide bonds. The van der Waals surface area contributed by atoms with Crippen LogP contribution in [0.15, 0.2) is 12.1 Å². The Morgan fingerprint density at radius 3 is 2.73 bits per heavy atom. The van der Waals surface area contributed by atoms with Crippen LogP contribution < -0.4 is 10.1 Å². The molecule has 0 saturated heterocycles. The van der Waals surface area contributed by atoms with Crippen molar-refractivity contribution in [2.45, 2.75) is 59.5 Å². The Kier molecular flexibility index (Phi) is 6.71. The number of hydrogen-bond donors (Lipinski definition) is 1. The number of nitrogens with zero attached hydrogens (tertiary/aromatic N) is 1. The van der Waals surface area contributed by atoms with Gasteiger partial charge >= 0.3 is 0 Å². The minimum atomic E-state index is 0.501. The Hall–Kier alpha value is -1.06. The summed E-state index contributed by atoms with van der Waals surface area (Å²) in [6, 6.07) is 5.18. The van der Waals surface area contributed by atoms with E-state index in [1.165, 1.54) is 36.2 Å². The average molecular weight is 304 g/mol. The number of benzene rings is 1. The summed E-state index contributed by atoms with van der Waals surface area (Å²) in [4.78, 5) is 2.59. The van der Waals surface area contributed by atoms with E-state index in [4.69, 9.17) is 4.74 Å². The lowest BCUT2D eigenvalue weighted by Crippen LogP contribution is -2.34. The van der Waals surface area contributed by atoms with E-state index >= 15 is 0 Å². The van der Waals surface area contributed by atoms with Crippen molar-refractivity contribution < 1.29 is 4.74 Å². The van der Waals surface area contributed by atoms with Crippen LogP contribution in [0.25, 0.3) is 0 Å². The van der Waals surface area contributed by atoms with Crippen LogP contribution in [0.1, 0.15) is 63.3 Å². The van der Waals surface area contributed by atoms with Gasteiger partial charge < -0.3 is 10.1 Å². The fraction of sp³-hybridized carbons (Fsp3) is 0.684. The van der Waals surface area contributed by atoms with Crippen LogP contribution in [0.3, 0.4) is 0 Å². The molecule has 3 heteroatoms. The van der Waals surface area contributed by atoms with Crippen LogP contribution in [0.5, 0.6) is 5.75 Å². The Morgan fingerprint density at radius 2 is 2.05 bits per heavy atom. The van der Waals surface area contributed by atoms with E-state index < -0.39 is 0 Å². The number of nitrogens with one attached hydrogen (secondary N) is 1. The van der Waals surface area contributed by atoms with Gasteiger partial charge in [-0.1, -0.05) is 19.9 Å². The maximum absolute atomic E-state index is 5.92. The highest BCUT2D eigenvalue weighted by Gasteiger charge is 2.24. The van der Waals surface area contributed by atoms with Crippen molar-refractivity contribution in [1.29, 1.82) is 0 Å². The second kappa shape index (κ2) is 8.54. The highest BCUT2D eigenvalue weighted by molar-refractivity contribution is 5.45. The van der Waals surface area contributed by atoms with E-state index in [0.29, 0.717) is 6.04 Å². The molecule has 1 heterocycles. The Balaban J connectivity index is 2.24. The first-order valence-corrected chi connectivity index (χ1v) is 8.94. The van der Waals surface area contributed by atoms with Crippen molar-refractivity contribution in [3.8, 4) is 5.75 Å². The van der Waals surface area contributed by atoms with Crippen LogP contribution in [-0.4, -0.2) is 31.1 Å². The molecule has 0 fully saturated rings. The molecule has 0 spiro atoms. The first-order chi connectivity index (χ1) is 10.7. The van der Waals surface area contributed by atoms with E-state index in [1.807, 2.05) is 0 Å². The van der Waals surface area contributed by atoms with Gasteiger partial charge in [0, 0.05) is 24.7 Å². The van der Waals surface area contributed by atoms with Gasteiger partial charge in [0.25, 0.3) is 0 Å². The molecule has 1 aromatic rings. The highest BCUT2D eigenvalue weighted by atomic mass is 16.5. The summed E-state index contributed by atoms with van der Waals surface area (Å²) < 4.78 is 5.92. The van der Waals surface area contributed by atoms with Gasteiger partial charge in [-0.05, 0) is 63.4 Å². The molecule has 1 atom stereocenters. The number of hydrogen-bond acceptors (Lipinski definition) is 3. The summed E-state index contributed by atoms with van der Waals surface area (Å²) >= 11 is 0. The summed E-state index contributed by atoms with van der Waals surface area (Å²) in [6.07, 6.45) is 3.54. The van der Waals surface area contributed by atoms with E-state index in [2.05, 4.69) is 50.0 Å². The van der Waals surface area contributed by atoms with E-state index in [9.17, 15) is 0 Å². The first kappa shape index (κ1) is 17.3. The zero-order chi connectivity index (χ0) is 15.9. The van der Waals surface area contributed by atoms with Crippen molar-refractivity contribution in [3.05, 3.63) is 28.8 Å². The molecule has 3 nitrogen and oxygen atoms in total. The van der Waals surface area contributed by atoms with Crippen molar-refractivity contribution in [2.75, 3.05) is 26.2 Å². The van der Waals surface area contributed by atoms with Crippen molar-refractivity contribution >= 4 is 0 Å². The molecule has 124 valence electrons. The van der Waals surface area contributed by atoms with Crippen LogP contribution >= 0.6 is 0 Å². The van der Waals surface area contributed by atoms with E-state index in [-0.39, 0.29) is 0 Å². The second-order valence-electron chi connectivity index (χ2n) is 6.23. The van der Waals surface area contributed by atoms with Gasteiger partial charge in [-0.15, -0.1) is 0 Å². The molecule has 1 N–H and O–H groups in total. The van der Waals surface area contributed by atoms with Gasteiger partial charge in [-0.25, -0.2) is 0 Å². The maximum atomic E-state index is 5.92. The van der Waals surface area contributed by atoms with Crippen LogP contribution in [0.2, 0.25) is 0 Å². The minimum absolute atomic E-state index is 0.501. The lowest BCUT2D eigenvalue weighted by molar-refractivity contribution is 0.198. The molecule has 22 heavy (non-hydrogen) atoms. The second-order valence-corrected chi connectivity index (χ2v) is 6.23. The molecular formula is C19H32N2O. The molecular weight excluding hydrogens is 272 g/mol.